The number of carboxylic acids is 1. The van der Waals surface area contributed by atoms with Crippen LogP contribution in [0.3, 0.4) is 0 Å². The van der Waals surface area contributed by atoms with Crippen LogP contribution in [0, 0.1) is 24.7 Å². The number of alkyl halides is 3. The van der Waals surface area contributed by atoms with Gasteiger partial charge in [0, 0.05) is 34.5 Å². The summed E-state index contributed by atoms with van der Waals surface area (Å²) in [5, 5.41) is 15.7. The van der Waals surface area contributed by atoms with Crippen LogP contribution in [0.2, 0.25) is 0 Å². The van der Waals surface area contributed by atoms with Gasteiger partial charge in [-0.2, -0.15) is 13.2 Å². The molecule has 2 fully saturated rings. The normalized spacial score (nSPS) is 20.9. The number of aryl methyl sites for hydroxylation is 1. The number of hydrogen-bond acceptors (Lipinski definition) is 4. The van der Waals surface area contributed by atoms with E-state index < -0.39 is 18.1 Å². The van der Waals surface area contributed by atoms with E-state index in [9.17, 15) is 32.7 Å². The Hall–Kier alpha value is -2.98. The Bertz CT molecular complexity index is 1250. The van der Waals surface area contributed by atoms with Crippen molar-refractivity contribution in [3.05, 3.63) is 46.5 Å². The summed E-state index contributed by atoms with van der Waals surface area (Å²) in [6, 6.07) is 6.05. The third-order valence-corrected chi connectivity index (χ3v) is 8.77. The van der Waals surface area contributed by atoms with Gasteiger partial charge in [-0.3, -0.25) is 9.59 Å². The number of amides is 1. The maximum atomic E-state index is 13.4. The Morgan fingerprint density at radius 3 is 1.80 bits per heavy atom. The molecule has 2 saturated carbocycles. The molecule has 7 N–H and O–H groups in total. The van der Waals surface area contributed by atoms with Crippen molar-refractivity contribution in [1.82, 2.24) is 5.32 Å². The minimum absolute atomic E-state index is 0.00927. The fourth-order valence-electron chi connectivity index (χ4n) is 5.99. The molecule has 2 aromatic rings. The Morgan fingerprint density at radius 1 is 0.826 bits per heavy atom. The molecule has 0 spiro atoms. The first-order valence-corrected chi connectivity index (χ1v) is 17.0. The van der Waals surface area contributed by atoms with E-state index in [1.807, 2.05) is 6.92 Å². The fraction of sp³-hybridized carbons (Fsp3) is 0.639. The number of carbonyl (C=O) groups is 3. The third-order valence-electron chi connectivity index (χ3n) is 8.77. The molecule has 0 aromatic heterocycles. The maximum Gasteiger partial charge on any atom is 0.391 e. The Labute approximate surface area is 273 Å². The van der Waals surface area contributed by atoms with Gasteiger partial charge in [-0.15, -0.1) is 0 Å². The maximum absolute atomic E-state index is 13.4. The van der Waals surface area contributed by atoms with Crippen molar-refractivity contribution < 1.29 is 44.1 Å². The van der Waals surface area contributed by atoms with Crippen LogP contribution in [0.5, 0.6) is 0 Å². The molecule has 0 bridgehead atoms. The van der Waals surface area contributed by atoms with Crippen LogP contribution in [0.1, 0.15) is 135 Å². The molecular weight excluding hydrogens is 595 g/mol. The van der Waals surface area contributed by atoms with Gasteiger partial charge in [0.2, 0.25) is 0 Å². The average Bonchev–Trinajstić information content (AvgIpc) is 3.03. The predicted octanol–water partition coefficient (Wildman–Crippen LogP) is 5.67. The summed E-state index contributed by atoms with van der Waals surface area (Å²) in [5.41, 5.74) is 7.68. The van der Waals surface area contributed by atoms with Gasteiger partial charge in [0.05, 0.1) is 25.5 Å². The summed E-state index contributed by atoms with van der Waals surface area (Å²) >= 11 is 0. The highest BCUT2D eigenvalue weighted by atomic mass is 19.4. The lowest BCUT2D eigenvalue weighted by molar-refractivity contribution is -0.361. The van der Waals surface area contributed by atoms with Crippen LogP contribution in [0.25, 0.3) is 10.8 Å². The third kappa shape index (κ3) is 12.0. The molecule has 10 heteroatoms. The van der Waals surface area contributed by atoms with Gasteiger partial charge < -0.3 is 26.7 Å². The lowest BCUT2D eigenvalue weighted by Crippen LogP contribution is -2.48. The summed E-state index contributed by atoms with van der Waals surface area (Å²) in [6.45, 7) is 11.3. The van der Waals surface area contributed by atoms with E-state index in [0.717, 1.165) is 32.2 Å². The fourth-order valence-corrected chi connectivity index (χ4v) is 5.99. The quantitative estimate of drug-likeness (QED) is 0.331. The van der Waals surface area contributed by atoms with Crippen molar-refractivity contribution in [2.24, 2.45) is 17.8 Å². The lowest BCUT2D eigenvalue weighted by Gasteiger charge is -2.29. The largest absolute Gasteiger partial charge is 0.545 e. The second-order valence-corrected chi connectivity index (χ2v) is 12.4. The number of carbonyl (C=O) groups excluding carboxylic acids is 3. The van der Waals surface area contributed by atoms with Crippen molar-refractivity contribution in [3.8, 4) is 0 Å². The van der Waals surface area contributed by atoms with Gasteiger partial charge in [-0.05, 0) is 94.1 Å². The smallest absolute Gasteiger partial charge is 0.391 e. The topological polar surface area (TPSA) is 142 Å². The van der Waals surface area contributed by atoms with Crippen LogP contribution in [-0.2, 0) is 0 Å². The number of Topliss-reactive ketones (excluding diaryl/α,β-unsaturated/α-hetero) is 1. The summed E-state index contributed by atoms with van der Waals surface area (Å²) in [5.74, 6) is -3.01. The summed E-state index contributed by atoms with van der Waals surface area (Å²) in [7, 11) is 1.75. The number of ketones is 1. The van der Waals surface area contributed by atoms with Crippen LogP contribution in [0.4, 0.5) is 13.2 Å². The molecule has 4 rings (SSSR count). The first-order chi connectivity index (χ1) is 21.8. The first-order valence-electron chi connectivity index (χ1n) is 17.0. The monoisotopic (exact) mass is 652 g/mol. The average molecular weight is 653 g/mol. The molecule has 7 nitrogen and oxygen atoms in total. The molecule has 1 amide bonds. The Morgan fingerprint density at radius 2 is 1.33 bits per heavy atom. The Balaban J connectivity index is 0.00000105. The number of rotatable bonds is 7. The van der Waals surface area contributed by atoms with E-state index >= 15 is 0 Å². The first kappa shape index (κ1) is 41.0. The second-order valence-electron chi connectivity index (χ2n) is 12.4. The zero-order valence-corrected chi connectivity index (χ0v) is 28.8. The van der Waals surface area contributed by atoms with Crippen LogP contribution >= 0.6 is 0 Å². The number of unbranched alkanes of at least 4 members (excludes halogenated alkanes) is 1. The molecule has 2 aliphatic rings. The molecular formula is C36H57F3N3O4+. The molecule has 260 valence electrons. The van der Waals surface area contributed by atoms with E-state index in [2.05, 4.69) is 37.6 Å². The second kappa shape index (κ2) is 20.3. The van der Waals surface area contributed by atoms with Gasteiger partial charge in [0.1, 0.15) is 0 Å². The number of nitrogens with one attached hydrogen (secondary N) is 1. The molecule has 0 atom stereocenters. The molecule has 2 aromatic carbocycles. The van der Waals surface area contributed by atoms with Crippen molar-refractivity contribution in [1.29, 1.82) is 0 Å². The van der Waals surface area contributed by atoms with Gasteiger partial charge in [-0.1, -0.05) is 51.8 Å². The highest BCUT2D eigenvalue weighted by molar-refractivity contribution is 6.20. The molecule has 0 radical (unpaired) electrons. The molecule has 0 saturated heterocycles. The van der Waals surface area contributed by atoms with E-state index in [4.69, 9.17) is 0 Å². The van der Waals surface area contributed by atoms with Crippen LogP contribution < -0.4 is 21.9 Å². The Kier molecular flexibility index (Phi) is 18.1. The van der Waals surface area contributed by atoms with E-state index in [1.165, 1.54) is 25.0 Å². The number of halogens is 3. The summed E-state index contributed by atoms with van der Waals surface area (Å²) < 4.78 is 39.1. The van der Waals surface area contributed by atoms with Crippen molar-refractivity contribution in [3.63, 3.8) is 0 Å². The van der Waals surface area contributed by atoms with Crippen molar-refractivity contribution in [2.75, 3.05) is 13.6 Å². The van der Waals surface area contributed by atoms with Crippen LogP contribution in [0.15, 0.2) is 24.3 Å². The molecule has 0 heterocycles. The summed E-state index contributed by atoms with van der Waals surface area (Å²) in [4.78, 5) is 38.7. The number of aromatic carboxylic acids is 1. The zero-order chi connectivity index (χ0) is 35.0. The minimum atomic E-state index is -4.22. The van der Waals surface area contributed by atoms with Gasteiger partial charge in [0.15, 0.2) is 5.78 Å². The van der Waals surface area contributed by atoms with Gasteiger partial charge in [-0.25, -0.2) is 0 Å². The van der Waals surface area contributed by atoms with E-state index in [0.29, 0.717) is 35.3 Å². The molecule has 46 heavy (non-hydrogen) atoms. The predicted molar refractivity (Wildman–Crippen MR) is 175 cm³/mol. The van der Waals surface area contributed by atoms with Gasteiger partial charge >= 0.3 is 6.18 Å². The van der Waals surface area contributed by atoms with Crippen LogP contribution in [-0.4, -0.2) is 43.5 Å². The van der Waals surface area contributed by atoms with E-state index in [1.54, 1.807) is 26.1 Å². The summed E-state index contributed by atoms with van der Waals surface area (Å²) in [6.07, 6.45) is 2.82. The number of fused-ring (bicyclic) bond motifs is 1. The molecule has 0 unspecified atom stereocenters. The van der Waals surface area contributed by atoms with E-state index in [-0.39, 0.29) is 59.4 Å². The van der Waals surface area contributed by atoms with Crippen molar-refractivity contribution >= 4 is 28.4 Å². The lowest BCUT2D eigenvalue weighted by atomic mass is 9.78. The standard InChI is InChI=1S/C29H34F3NO4.C4H10.C2H7N.CH5N/c1-16-3-10-20(11-4-16)33-27(35)22-13-14-23(28(36)37)26-21(12-5-17(2)25(22)26)24(34)15-18-6-8-19(9-7-18)29(30,31)32;1-3-4-2;1-2-3;1-2/h5,12-14,16,18-20H,3-4,6-11,15H2,1-2H3,(H,33,35)(H,36,37);3-4H2,1-2H3;2-3H2,1H3;2H2,1H3/p+1. The number of benzene rings is 2. The highest BCUT2D eigenvalue weighted by Gasteiger charge is 2.41. The number of carboxylic acid groups (broad SMARTS) is 1. The number of hydrogen-bond donors (Lipinski definition) is 3. The minimum Gasteiger partial charge on any atom is -0.545 e. The van der Waals surface area contributed by atoms with Gasteiger partial charge in [0.25, 0.3) is 5.91 Å². The molecule has 2 aliphatic carbocycles. The SMILES string of the molecule is CCCC.CC[NH3+].C[NH3+].Cc1ccc(C(=O)CC2CCC(C(F)(F)F)CC2)c2c(C(=O)[O-])ccc(C(=O)NC3CCC(C)CC3)c12. The number of quaternary nitrogens is 2. The zero-order valence-electron chi connectivity index (χ0n) is 28.8. The highest BCUT2D eigenvalue weighted by Crippen LogP contribution is 2.41. The molecule has 0 aliphatic heterocycles. The van der Waals surface area contributed by atoms with Crippen molar-refractivity contribution in [2.45, 2.75) is 117 Å².